The first kappa shape index (κ1) is 13.4. The molecule has 2 unspecified atom stereocenters. The van der Waals surface area contributed by atoms with E-state index in [0.29, 0.717) is 0 Å². The van der Waals surface area contributed by atoms with Gasteiger partial charge in [-0.2, -0.15) is 0 Å². The van der Waals surface area contributed by atoms with Gasteiger partial charge in [-0.25, -0.2) is 0 Å². The van der Waals surface area contributed by atoms with E-state index >= 15 is 0 Å². The van der Waals surface area contributed by atoms with Crippen LogP contribution in [-0.2, 0) is 9.47 Å². The summed E-state index contributed by atoms with van der Waals surface area (Å²) >= 11 is 0. The van der Waals surface area contributed by atoms with Crippen molar-refractivity contribution < 1.29 is 9.47 Å². The molecule has 1 saturated heterocycles. The van der Waals surface area contributed by atoms with E-state index in [1.165, 1.54) is 19.3 Å². The van der Waals surface area contributed by atoms with E-state index < -0.39 is 0 Å². The molecule has 2 nitrogen and oxygen atoms in total. The molecule has 0 bridgehead atoms. The van der Waals surface area contributed by atoms with Crippen LogP contribution in [0, 0.1) is 5.41 Å². The van der Waals surface area contributed by atoms with E-state index in [0.717, 1.165) is 19.3 Å². The summed E-state index contributed by atoms with van der Waals surface area (Å²) in [5, 5.41) is 0. The van der Waals surface area contributed by atoms with Gasteiger partial charge in [0.1, 0.15) is 0 Å². The van der Waals surface area contributed by atoms with Crippen molar-refractivity contribution in [2.24, 2.45) is 5.41 Å². The van der Waals surface area contributed by atoms with Gasteiger partial charge < -0.3 is 9.47 Å². The van der Waals surface area contributed by atoms with Crippen molar-refractivity contribution in [2.75, 3.05) is 0 Å². The summed E-state index contributed by atoms with van der Waals surface area (Å²) in [4.78, 5) is 0. The SMILES string of the molecule is CCC1(C)C(C)OC2(CCCCC2)OC1(C)C. The Morgan fingerprint density at radius 2 is 1.65 bits per heavy atom. The van der Waals surface area contributed by atoms with Gasteiger partial charge in [-0.15, -0.1) is 0 Å². The Morgan fingerprint density at radius 1 is 1.06 bits per heavy atom. The van der Waals surface area contributed by atoms with Gasteiger partial charge in [0.15, 0.2) is 5.79 Å². The molecule has 2 rings (SSSR count). The van der Waals surface area contributed by atoms with Crippen molar-refractivity contribution in [2.45, 2.75) is 90.6 Å². The lowest BCUT2D eigenvalue weighted by Gasteiger charge is -2.59. The minimum Gasteiger partial charge on any atom is -0.346 e. The van der Waals surface area contributed by atoms with Gasteiger partial charge >= 0.3 is 0 Å². The maximum atomic E-state index is 6.46. The topological polar surface area (TPSA) is 18.5 Å². The lowest BCUT2D eigenvalue weighted by Crippen LogP contribution is -2.63. The van der Waals surface area contributed by atoms with Gasteiger partial charge in [0.2, 0.25) is 0 Å². The van der Waals surface area contributed by atoms with Crippen LogP contribution in [-0.4, -0.2) is 17.5 Å². The Morgan fingerprint density at radius 3 is 2.12 bits per heavy atom. The monoisotopic (exact) mass is 240 g/mol. The van der Waals surface area contributed by atoms with Gasteiger partial charge in [-0.1, -0.05) is 20.3 Å². The van der Waals surface area contributed by atoms with Crippen LogP contribution >= 0.6 is 0 Å². The van der Waals surface area contributed by atoms with Crippen LogP contribution < -0.4 is 0 Å². The molecule has 100 valence electrons. The Hall–Kier alpha value is -0.0800. The normalized spacial score (nSPS) is 40.4. The zero-order valence-electron chi connectivity index (χ0n) is 12.1. The zero-order valence-corrected chi connectivity index (χ0v) is 12.1. The summed E-state index contributed by atoms with van der Waals surface area (Å²) in [7, 11) is 0. The van der Waals surface area contributed by atoms with Crippen LogP contribution in [0.4, 0.5) is 0 Å². The third kappa shape index (κ3) is 2.04. The fraction of sp³-hybridized carbons (Fsp3) is 1.00. The molecular weight excluding hydrogens is 212 g/mol. The Balaban J connectivity index is 2.24. The highest BCUT2D eigenvalue weighted by Crippen LogP contribution is 2.52. The molecule has 0 amide bonds. The van der Waals surface area contributed by atoms with E-state index in [2.05, 4.69) is 34.6 Å². The van der Waals surface area contributed by atoms with E-state index in [9.17, 15) is 0 Å². The van der Waals surface area contributed by atoms with Crippen molar-refractivity contribution in [3.8, 4) is 0 Å². The molecule has 17 heavy (non-hydrogen) atoms. The zero-order chi connectivity index (χ0) is 12.7. The smallest absolute Gasteiger partial charge is 0.169 e. The molecule has 2 fully saturated rings. The number of hydrogen-bond donors (Lipinski definition) is 0. The molecule has 0 aromatic heterocycles. The molecule has 1 aliphatic carbocycles. The third-order valence-corrected chi connectivity index (χ3v) is 5.46. The van der Waals surface area contributed by atoms with Crippen LogP contribution in [0.15, 0.2) is 0 Å². The first-order chi connectivity index (χ1) is 7.85. The van der Waals surface area contributed by atoms with Gasteiger partial charge in [0, 0.05) is 18.3 Å². The van der Waals surface area contributed by atoms with Gasteiger partial charge in [0.05, 0.1) is 11.7 Å². The van der Waals surface area contributed by atoms with Gasteiger partial charge in [-0.05, 0) is 40.0 Å². The largest absolute Gasteiger partial charge is 0.346 e. The Labute approximate surface area is 106 Å². The van der Waals surface area contributed by atoms with Crippen molar-refractivity contribution in [1.29, 1.82) is 0 Å². The summed E-state index contributed by atoms with van der Waals surface area (Å²) < 4.78 is 12.8. The number of rotatable bonds is 1. The minimum atomic E-state index is -0.282. The minimum absolute atomic E-state index is 0.100. The van der Waals surface area contributed by atoms with Crippen LogP contribution in [0.3, 0.4) is 0 Å². The second-order valence-electron chi connectivity index (χ2n) is 6.61. The van der Waals surface area contributed by atoms with Gasteiger partial charge in [0.25, 0.3) is 0 Å². The second kappa shape index (κ2) is 4.24. The fourth-order valence-electron chi connectivity index (χ4n) is 3.57. The molecule has 1 heterocycles. The van der Waals surface area contributed by atoms with Crippen LogP contribution in [0.5, 0.6) is 0 Å². The van der Waals surface area contributed by atoms with E-state index in [1.54, 1.807) is 0 Å². The molecule has 0 aromatic carbocycles. The van der Waals surface area contributed by atoms with Crippen molar-refractivity contribution in [3.05, 3.63) is 0 Å². The number of ether oxygens (including phenoxy) is 2. The predicted octanol–water partition coefficient (Wildman–Crippen LogP) is 4.28. The molecular formula is C15H28O2. The quantitative estimate of drug-likeness (QED) is 0.681. The molecule has 2 heteroatoms. The maximum absolute atomic E-state index is 6.46. The van der Waals surface area contributed by atoms with Crippen LogP contribution in [0.2, 0.25) is 0 Å². The molecule has 0 aromatic rings. The average molecular weight is 240 g/mol. The van der Waals surface area contributed by atoms with Crippen molar-refractivity contribution in [3.63, 3.8) is 0 Å². The molecule has 1 saturated carbocycles. The molecule has 1 spiro atoms. The highest BCUT2D eigenvalue weighted by molar-refractivity contribution is 5.00. The molecule has 2 aliphatic rings. The summed E-state index contributed by atoms with van der Waals surface area (Å²) in [5.74, 6) is -0.282. The summed E-state index contributed by atoms with van der Waals surface area (Å²) in [6.45, 7) is 11.2. The summed E-state index contributed by atoms with van der Waals surface area (Å²) in [5.41, 5.74) is 0.00640. The second-order valence-corrected chi connectivity index (χ2v) is 6.61. The van der Waals surface area contributed by atoms with Crippen LogP contribution in [0.25, 0.3) is 0 Å². The first-order valence-corrected chi connectivity index (χ1v) is 7.23. The molecule has 0 N–H and O–H groups in total. The lowest BCUT2D eigenvalue weighted by molar-refractivity contribution is -0.392. The highest BCUT2D eigenvalue weighted by Gasteiger charge is 2.56. The van der Waals surface area contributed by atoms with Crippen LogP contribution in [0.1, 0.15) is 73.1 Å². The van der Waals surface area contributed by atoms with E-state index in [-0.39, 0.29) is 22.9 Å². The highest BCUT2D eigenvalue weighted by atomic mass is 16.7. The Bertz CT molecular complexity index is 279. The van der Waals surface area contributed by atoms with E-state index in [4.69, 9.17) is 9.47 Å². The van der Waals surface area contributed by atoms with Crippen molar-refractivity contribution in [1.82, 2.24) is 0 Å². The van der Waals surface area contributed by atoms with E-state index in [1.807, 2.05) is 0 Å². The molecule has 2 atom stereocenters. The average Bonchev–Trinajstić information content (AvgIpc) is 2.26. The summed E-state index contributed by atoms with van der Waals surface area (Å²) in [6.07, 6.45) is 7.32. The predicted molar refractivity (Wildman–Crippen MR) is 69.9 cm³/mol. The van der Waals surface area contributed by atoms with Crippen molar-refractivity contribution >= 4 is 0 Å². The Kier molecular flexibility index (Phi) is 3.33. The number of hydrogen-bond acceptors (Lipinski definition) is 2. The van der Waals surface area contributed by atoms with Gasteiger partial charge in [-0.3, -0.25) is 0 Å². The standard InChI is InChI=1S/C15H28O2/c1-6-14(5)12(2)16-15(17-13(14,3)4)10-8-7-9-11-15/h12H,6-11H2,1-5H3. The fourth-order valence-corrected chi connectivity index (χ4v) is 3.57. The summed E-state index contributed by atoms with van der Waals surface area (Å²) in [6, 6.07) is 0. The third-order valence-electron chi connectivity index (χ3n) is 5.46. The first-order valence-electron chi connectivity index (χ1n) is 7.23. The molecule has 0 radical (unpaired) electrons. The molecule has 1 aliphatic heterocycles. The maximum Gasteiger partial charge on any atom is 0.169 e. The lowest BCUT2D eigenvalue weighted by atomic mass is 9.68.